The van der Waals surface area contributed by atoms with E-state index in [1.807, 2.05) is 19.9 Å². The summed E-state index contributed by atoms with van der Waals surface area (Å²) >= 11 is 0. The first-order chi connectivity index (χ1) is 9.74. The van der Waals surface area contributed by atoms with E-state index in [9.17, 15) is 4.79 Å². The number of nitrogens with zero attached hydrogens (tertiary/aromatic N) is 2. The summed E-state index contributed by atoms with van der Waals surface area (Å²) in [6.07, 6.45) is 3.88. The molecule has 0 spiro atoms. The molecule has 1 saturated heterocycles. The highest BCUT2D eigenvalue weighted by molar-refractivity contribution is 5.92. The number of carbonyl (C=O) groups is 1. The molecule has 1 aliphatic rings. The van der Waals surface area contributed by atoms with Gasteiger partial charge in [0, 0.05) is 25.4 Å². The van der Waals surface area contributed by atoms with Crippen LogP contribution in [0.15, 0.2) is 18.3 Å². The van der Waals surface area contributed by atoms with Gasteiger partial charge in [0.2, 0.25) is 0 Å². The highest BCUT2D eigenvalue weighted by atomic mass is 16.5. The predicted molar refractivity (Wildman–Crippen MR) is 78.0 cm³/mol. The van der Waals surface area contributed by atoms with Gasteiger partial charge in [-0.25, -0.2) is 0 Å². The van der Waals surface area contributed by atoms with E-state index in [1.165, 1.54) is 0 Å². The number of nitrogens with one attached hydrogen (secondary N) is 1. The molecule has 1 amide bonds. The van der Waals surface area contributed by atoms with Gasteiger partial charge in [0.1, 0.15) is 17.5 Å². The second-order valence-electron chi connectivity index (χ2n) is 4.92. The van der Waals surface area contributed by atoms with Crippen molar-refractivity contribution >= 4 is 5.91 Å². The fourth-order valence-corrected chi connectivity index (χ4v) is 2.38. The minimum atomic E-state index is -0.0363. The highest BCUT2D eigenvalue weighted by Gasteiger charge is 2.17. The largest absolute Gasteiger partial charge is 0.490 e. The number of aromatic nitrogens is 1. The summed E-state index contributed by atoms with van der Waals surface area (Å²) in [5.41, 5.74) is 0.458. The van der Waals surface area contributed by atoms with Gasteiger partial charge < -0.3 is 15.0 Å². The molecular weight excluding hydrogens is 254 g/mol. The lowest BCUT2D eigenvalue weighted by Crippen LogP contribution is -2.34. The van der Waals surface area contributed by atoms with Gasteiger partial charge in [-0.15, -0.1) is 0 Å². The molecule has 110 valence electrons. The quantitative estimate of drug-likeness (QED) is 0.890. The molecule has 1 aromatic heterocycles. The summed E-state index contributed by atoms with van der Waals surface area (Å²) in [5.74, 6) is 0.702. The van der Waals surface area contributed by atoms with E-state index in [0.29, 0.717) is 18.8 Å². The van der Waals surface area contributed by atoms with E-state index in [0.717, 1.165) is 31.7 Å². The zero-order valence-corrected chi connectivity index (χ0v) is 12.3. The number of hydrogen-bond donors (Lipinski definition) is 1. The molecule has 2 rings (SSSR count). The normalized spacial score (nSPS) is 15.9. The van der Waals surface area contributed by atoms with Crippen molar-refractivity contribution < 1.29 is 9.53 Å². The third-order valence-corrected chi connectivity index (χ3v) is 3.59. The van der Waals surface area contributed by atoms with Crippen LogP contribution in [-0.2, 0) is 0 Å². The number of pyridine rings is 1. The standard InChI is InChI=1S/C15H23N3O2/c1-3-18(4-2)15(19)14-11-13(7-10-17-14)20-12-5-8-16-9-6-12/h7,10-12,16H,3-6,8-9H2,1-2H3. The Labute approximate surface area is 120 Å². The maximum Gasteiger partial charge on any atom is 0.272 e. The van der Waals surface area contributed by atoms with Crippen molar-refractivity contribution in [3.8, 4) is 5.75 Å². The lowest BCUT2D eigenvalue weighted by molar-refractivity contribution is 0.0765. The van der Waals surface area contributed by atoms with Crippen molar-refractivity contribution in [3.63, 3.8) is 0 Å². The number of piperidine rings is 1. The van der Waals surface area contributed by atoms with Gasteiger partial charge in [0.05, 0.1) is 0 Å². The second-order valence-corrected chi connectivity index (χ2v) is 4.92. The number of rotatable bonds is 5. The van der Waals surface area contributed by atoms with E-state index in [4.69, 9.17) is 4.74 Å². The third-order valence-electron chi connectivity index (χ3n) is 3.59. The predicted octanol–water partition coefficient (Wildman–Crippen LogP) is 1.69. The Morgan fingerprint density at radius 2 is 2.10 bits per heavy atom. The zero-order valence-electron chi connectivity index (χ0n) is 12.3. The Hall–Kier alpha value is -1.62. The topological polar surface area (TPSA) is 54.5 Å². The van der Waals surface area contributed by atoms with Crippen molar-refractivity contribution in [2.75, 3.05) is 26.2 Å². The maximum absolute atomic E-state index is 12.2. The fraction of sp³-hybridized carbons (Fsp3) is 0.600. The molecule has 0 atom stereocenters. The summed E-state index contributed by atoms with van der Waals surface area (Å²) in [6.45, 7) is 7.29. The van der Waals surface area contributed by atoms with E-state index in [-0.39, 0.29) is 12.0 Å². The van der Waals surface area contributed by atoms with Crippen molar-refractivity contribution in [2.24, 2.45) is 0 Å². The van der Waals surface area contributed by atoms with Crippen LogP contribution in [0.2, 0.25) is 0 Å². The van der Waals surface area contributed by atoms with Crippen LogP contribution in [0.25, 0.3) is 0 Å². The lowest BCUT2D eigenvalue weighted by atomic mass is 10.1. The molecule has 0 saturated carbocycles. The number of ether oxygens (including phenoxy) is 1. The molecule has 0 unspecified atom stereocenters. The van der Waals surface area contributed by atoms with Crippen molar-refractivity contribution in [1.29, 1.82) is 0 Å². The molecule has 1 aliphatic heterocycles. The molecule has 5 nitrogen and oxygen atoms in total. The molecule has 1 fully saturated rings. The number of hydrogen-bond acceptors (Lipinski definition) is 4. The van der Waals surface area contributed by atoms with Crippen LogP contribution in [0.5, 0.6) is 5.75 Å². The molecule has 0 aromatic carbocycles. The van der Waals surface area contributed by atoms with Crippen LogP contribution in [-0.4, -0.2) is 48.1 Å². The summed E-state index contributed by atoms with van der Waals surface area (Å²) in [4.78, 5) is 18.2. The molecule has 1 N–H and O–H groups in total. The van der Waals surface area contributed by atoms with Crippen LogP contribution in [0.1, 0.15) is 37.2 Å². The first kappa shape index (κ1) is 14.8. The van der Waals surface area contributed by atoms with Gasteiger partial charge in [0.15, 0.2) is 0 Å². The molecule has 1 aromatic rings. The van der Waals surface area contributed by atoms with E-state index >= 15 is 0 Å². The molecule has 2 heterocycles. The molecule has 0 bridgehead atoms. The Morgan fingerprint density at radius 3 is 2.75 bits per heavy atom. The van der Waals surface area contributed by atoms with Gasteiger partial charge in [-0.2, -0.15) is 0 Å². The van der Waals surface area contributed by atoms with Gasteiger partial charge >= 0.3 is 0 Å². The van der Waals surface area contributed by atoms with E-state index < -0.39 is 0 Å². The first-order valence-electron chi connectivity index (χ1n) is 7.37. The molecule has 20 heavy (non-hydrogen) atoms. The SMILES string of the molecule is CCN(CC)C(=O)c1cc(OC2CCNCC2)ccn1. The smallest absolute Gasteiger partial charge is 0.272 e. The maximum atomic E-state index is 12.2. The Morgan fingerprint density at radius 1 is 1.40 bits per heavy atom. The van der Waals surface area contributed by atoms with Gasteiger partial charge in [-0.3, -0.25) is 9.78 Å². The van der Waals surface area contributed by atoms with Crippen molar-refractivity contribution in [1.82, 2.24) is 15.2 Å². The Kier molecular flexibility index (Phi) is 5.35. The van der Waals surface area contributed by atoms with E-state index in [1.54, 1.807) is 17.2 Å². The highest BCUT2D eigenvalue weighted by Crippen LogP contribution is 2.17. The Bertz CT molecular complexity index is 440. The summed E-state index contributed by atoms with van der Waals surface area (Å²) in [7, 11) is 0. The monoisotopic (exact) mass is 277 g/mol. The second kappa shape index (κ2) is 7.24. The molecule has 0 aliphatic carbocycles. The van der Waals surface area contributed by atoms with Gasteiger partial charge in [-0.1, -0.05) is 0 Å². The van der Waals surface area contributed by atoms with E-state index in [2.05, 4.69) is 10.3 Å². The van der Waals surface area contributed by atoms with Crippen LogP contribution >= 0.6 is 0 Å². The Balaban J connectivity index is 2.05. The first-order valence-corrected chi connectivity index (χ1v) is 7.37. The minimum Gasteiger partial charge on any atom is -0.490 e. The van der Waals surface area contributed by atoms with Gasteiger partial charge in [-0.05, 0) is 45.8 Å². The minimum absolute atomic E-state index is 0.0363. The van der Waals surface area contributed by atoms with Crippen LogP contribution in [0.3, 0.4) is 0 Å². The average Bonchev–Trinajstić information content (AvgIpc) is 2.49. The van der Waals surface area contributed by atoms with Crippen molar-refractivity contribution in [3.05, 3.63) is 24.0 Å². The fourth-order valence-electron chi connectivity index (χ4n) is 2.38. The third kappa shape index (κ3) is 3.70. The molecule has 5 heteroatoms. The van der Waals surface area contributed by atoms with Crippen LogP contribution < -0.4 is 10.1 Å². The van der Waals surface area contributed by atoms with Crippen LogP contribution in [0.4, 0.5) is 0 Å². The molecule has 0 radical (unpaired) electrons. The lowest BCUT2D eigenvalue weighted by Gasteiger charge is -2.24. The summed E-state index contributed by atoms with van der Waals surface area (Å²) < 4.78 is 5.94. The van der Waals surface area contributed by atoms with Crippen LogP contribution in [0, 0.1) is 0 Å². The number of carbonyl (C=O) groups excluding carboxylic acids is 1. The zero-order chi connectivity index (χ0) is 14.4. The summed E-state index contributed by atoms with van der Waals surface area (Å²) in [6, 6.07) is 3.57. The average molecular weight is 277 g/mol. The van der Waals surface area contributed by atoms with Gasteiger partial charge in [0.25, 0.3) is 5.91 Å². The van der Waals surface area contributed by atoms with Crippen molar-refractivity contribution in [2.45, 2.75) is 32.8 Å². The molecular formula is C15H23N3O2. The number of amides is 1. The summed E-state index contributed by atoms with van der Waals surface area (Å²) in [5, 5.41) is 3.31.